The molecule has 4 rings (SSSR count). The summed E-state index contributed by atoms with van der Waals surface area (Å²) in [5, 5.41) is 17.4. The number of aliphatic hydroxyl groups is 1. The molecule has 0 spiro atoms. The maximum Gasteiger partial charge on any atom is 0.272 e. The largest absolute Gasteiger partial charge is 0.395 e. The van der Waals surface area contributed by atoms with Crippen LogP contribution in [0.1, 0.15) is 58.8 Å². The van der Waals surface area contributed by atoms with Crippen molar-refractivity contribution in [1.82, 2.24) is 20.0 Å². The molecule has 2 aromatic rings. The molecule has 2 N–H and O–H groups in total. The monoisotopic (exact) mass is 508 g/mol. The molecule has 2 heterocycles. The third kappa shape index (κ3) is 4.12. The van der Waals surface area contributed by atoms with E-state index >= 15 is 0 Å². The van der Waals surface area contributed by atoms with Gasteiger partial charge >= 0.3 is 0 Å². The molecule has 2 aliphatic rings. The molecule has 1 aromatic heterocycles. The molecule has 34 heavy (non-hydrogen) atoms. The fraction of sp³-hybridized carbons (Fsp3) is 0.522. The van der Waals surface area contributed by atoms with Crippen LogP contribution in [0.15, 0.2) is 24.3 Å². The molecule has 11 heteroatoms. The van der Waals surface area contributed by atoms with Gasteiger partial charge in [-0.25, -0.2) is 8.42 Å². The van der Waals surface area contributed by atoms with E-state index in [1.165, 1.54) is 23.4 Å². The van der Waals surface area contributed by atoms with Crippen molar-refractivity contribution in [2.24, 2.45) is 7.05 Å². The van der Waals surface area contributed by atoms with Gasteiger partial charge in [-0.05, 0) is 50.8 Å². The van der Waals surface area contributed by atoms with E-state index in [-0.39, 0.29) is 24.1 Å². The standard InChI is InChI=1S/C23H29ClN4O5S/c1-22(2,14-29)34(32,33)23(9-10-23)13-28-11-8-17-18(26-27(3)19(17)21(28)31)20(30)25-12-15-4-6-16(24)7-5-15/h4-7,29H,8-14H2,1-3H3,(H,25,30). The zero-order chi connectivity index (χ0) is 24.9. The molecule has 1 aliphatic carbocycles. The van der Waals surface area contributed by atoms with E-state index in [1.54, 1.807) is 19.2 Å². The Morgan fingerprint density at radius 3 is 2.50 bits per heavy atom. The van der Waals surface area contributed by atoms with Crippen LogP contribution in [0.3, 0.4) is 0 Å². The fourth-order valence-electron chi connectivity index (χ4n) is 4.44. The lowest BCUT2D eigenvalue weighted by atomic mass is 10.0. The van der Waals surface area contributed by atoms with Gasteiger partial charge in [0.15, 0.2) is 15.5 Å². The first kappa shape index (κ1) is 24.7. The Bertz CT molecular complexity index is 1230. The minimum atomic E-state index is -3.67. The summed E-state index contributed by atoms with van der Waals surface area (Å²) in [6.45, 7) is 3.20. The molecule has 2 amide bonds. The van der Waals surface area contributed by atoms with Crippen molar-refractivity contribution in [3.05, 3.63) is 51.8 Å². The Labute approximate surface area is 204 Å². The third-order valence-electron chi connectivity index (χ3n) is 6.81. The molecule has 1 saturated carbocycles. The molecular formula is C23H29ClN4O5S. The molecule has 0 bridgehead atoms. The van der Waals surface area contributed by atoms with Crippen molar-refractivity contribution in [3.63, 3.8) is 0 Å². The van der Waals surface area contributed by atoms with Crippen molar-refractivity contribution in [3.8, 4) is 0 Å². The van der Waals surface area contributed by atoms with Crippen LogP contribution in [-0.2, 0) is 29.9 Å². The number of aryl methyl sites for hydroxylation is 1. The summed E-state index contributed by atoms with van der Waals surface area (Å²) in [6.07, 6.45) is 1.32. The van der Waals surface area contributed by atoms with Gasteiger partial charge in [-0.2, -0.15) is 5.10 Å². The van der Waals surface area contributed by atoms with Gasteiger partial charge in [-0.15, -0.1) is 0 Å². The Hall–Kier alpha value is -2.43. The number of hydrogen-bond acceptors (Lipinski definition) is 6. The van der Waals surface area contributed by atoms with Crippen LogP contribution >= 0.6 is 11.6 Å². The highest BCUT2D eigenvalue weighted by atomic mass is 35.5. The van der Waals surface area contributed by atoms with E-state index in [1.807, 2.05) is 12.1 Å². The predicted octanol–water partition coefficient (Wildman–Crippen LogP) is 1.72. The molecule has 0 radical (unpaired) electrons. The molecule has 0 saturated heterocycles. The number of amides is 2. The Morgan fingerprint density at radius 2 is 1.91 bits per heavy atom. The number of nitrogens with zero attached hydrogens (tertiary/aromatic N) is 3. The van der Waals surface area contributed by atoms with Crippen molar-refractivity contribution < 1.29 is 23.1 Å². The lowest BCUT2D eigenvalue weighted by Crippen LogP contribution is -2.51. The van der Waals surface area contributed by atoms with Crippen LogP contribution in [0, 0.1) is 0 Å². The number of fused-ring (bicyclic) bond motifs is 1. The van der Waals surface area contributed by atoms with Crippen molar-refractivity contribution >= 4 is 33.3 Å². The Morgan fingerprint density at radius 1 is 1.26 bits per heavy atom. The second kappa shape index (κ2) is 8.66. The van der Waals surface area contributed by atoms with Crippen molar-refractivity contribution in [2.45, 2.75) is 49.1 Å². The quantitative estimate of drug-likeness (QED) is 0.560. The van der Waals surface area contributed by atoms with E-state index in [0.29, 0.717) is 48.6 Å². The van der Waals surface area contributed by atoms with Crippen LogP contribution in [-0.4, -0.2) is 69.2 Å². The lowest BCUT2D eigenvalue weighted by molar-refractivity contribution is 0.0724. The number of aromatic nitrogens is 2. The SMILES string of the molecule is Cn1nc(C(=O)NCc2ccc(Cl)cc2)c2c1C(=O)N(CC1(S(=O)(=O)C(C)(C)CO)CC1)CC2. The molecule has 184 valence electrons. The van der Waals surface area contributed by atoms with Gasteiger partial charge in [0.1, 0.15) is 5.69 Å². The average molecular weight is 509 g/mol. The molecule has 9 nitrogen and oxygen atoms in total. The number of sulfone groups is 1. The first-order valence-corrected chi connectivity index (χ1v) is 13.0. The summed E-state index contributed by atoms with van der Waals surface area (Å²) < 4.78 is 25.4. The number of aliphatic hydroxyl groups excluding tert-OH is 1. The second-order valence-corrected chi connectivity index (χ2v) is 13.1. The Balaban J connectivity index is 1.51. The van der Waals surface area contributed by atoms with Gasteiger partial charge in [0.2, 0.25) is 0 Å². The lowest BCUT2D eigenvalue weighted by Gasteiger charge is -2.34. The van der Waals surface area contributed by atoms with Crippen LogP contribution < -0.4 is 5.32 Å². The predicted molar refractivity (Wildman–Crippen MR) is 127 cm³/mol. The number of benzene rings is 1. The fourth-order valence-corrected chi connectivity index (χ4v) is 6.88. The minimum Gasteiger partial charge on any atom is -0.395 e. The molecule has 1 aliphatic heterocycles. The smallest absolute Gasteiger partial charge is 0.272 e. The summed E-state index contributed by atoms with van der Waals surface area (Å²) in [5.41, 5.74) is 1.96. The van der Waals surface area contributed by atoms with Crippen LogP contribution in [0.5, 0.6) is 0 Å². The normalized spacial score (nSPS) is 17.4. The third-order valence-corrected chi connectivity index (χ3v) is 10.3. The average Bonchev–Trinajstić information content (AvgIpc) is 3.51. The number of carbonyl (C=O) groups excluding carboxylic acids is 2. The first-order valence-electron chi connectivity index (χ1n) is 11.2. The van der Waals surface area contributed by atoms with Gasteiger partial charge in [-0.3, -0.25) is 14.3 Å². The summed E-state index contributed by atoms with van der Waals surface area (Å²) in [7, 11) is -2.06. The maximum absolute atomic E-state index is 13.3. The van der Waals surface area contributed by atoms with Crippen molar-refractivity contribution in [2.75, 3.05) is 19.7 Å². The van der Waals surface area contributed by atoms with Gasteiger partial charge < -0.3 is 15.3 Å². The highest BCUT2D eigenvalue weighted by molar-refractivity contribution is 7.94. The summed E-state index contributed by atoms with van der Waals surface area (Å²) in [5.74, 6) is -0.713. The maximum atomic E-state index is 13.3. The highest BCUT2D eigenvalue weighted by Gasteiger charge is 2.60. The van der Waals surface area contributed by atoms with E-state index in [2.05, 4.69) is 10.4 Å². The summed E-state index contributed by atoms with van der Waals surface area (Å²) in [4.78, 5) is 27.7. The second-order valence-electron chi connectivity index (χ2n) is 9.69. The number of halogens is 1. The van der Waals surface area contributed by atoms with Gasteiger partial charge in [0, 0.05) is 37.3 Å². The minimum absolute atomic E-state index is 0.0698. The van der Waals surface area contributed by atoms with E-state index in [4.69, 9.17) is 11.6 Å². The molecule has 0 unspecified atom stereocenters. The van der Waals surface area contributed by atoms with Gasteiger partial charge in [0.25, 0.3) is 11.8 Å². The van der Waals surface area contributed by atoms with Crippen LogP contribution in [0.4, 0.5) is 0 Å². The van der Waals surface area contributed by atoms with Crippen LogP contribution in [0.2, 0.25) is 5.02 Å². The van der Waals surface area contributed by atoms with E-state index in [9.17, 15) is 23.1 Å². The Kier molecular flexibility index (Phi) is 6.28. The van der Waals surface area contributed by atoms with Gasteiger partial charge in [-0.1, -0.05) is 23.7 Å². The van der Waals surface area contributed by atoms with E-state index < -0.39 is 25.9 Å². The molecule has 1 aromatic carbocycles. The molecule has 0 atom stereocenters. The zero-order valence-corrected chi connectivity index (χ0v) is 21.0. The van der Waals surface area contributed by atoms with Crippen molar-refractivity contribution in [1.29, 1.82) is 0 Å². The van der Waals surface area contributed by atoms with Gasteiger partial charge in [0.05, 0.1) is 16.1 Å². The molecular weight excluding hydrogens is 480 g/mol. The number of rotatable bonds is 8. The zero-order valence-electron chi connectivity index (χ0n) is 19.5. The first-order chi connectivity index (χ1) is 15.9. The van der Waals surface area contributed by atoms with E-state index in [0.717, 1.165) is 5.56 Å². The highest BCUT2D eigenvalue weighted by Crippen LogP contribution is 2.49. The number of hydrogen-bond donors (Lipinski definition) is 2. The molecule has 1 fully saturated rings. The number of nitrogens with one attached hydrogen (secondary N) is 1. The number of carbonyl (C=O) groups is 2. The van der Waals surface area contributed by atoms with Crippen LogP contribution in [0.25, 0.3) is 0 Å². The topological polar surface area (TPSA) is 122 Å². The summed E-state index contributed by atoms with van der Waals surface area (Å²) in [6, 6.07) is 7.12. The summed E-state index contributed by atoms with van der Waals surface area (Å²) >= 11 is 5.90.